The summed E-state index contributed by atoms with van der Waals surface area (Å²) in [5, 5.41) is 8.20. The van der Waals surface area contributed by atoms with Crippen LogP contribution in [0, 0.1) is 6.92 Å². The monoisotopic (exact) mass is 321 g/mol. The molecule has 0 radical (unpaired) electrons. The Kier molecular flexibility index (Phi) is 4.42. The summed E-state index contributed by atoms with van der Waals surface area (Å²) in [5.74, 6) is 0.916. The summed E-state index contributed by atoms with van der Waals surface area (Å²) >= 11 is 0. The Morgan fingerprint density at radius 1 is 0.958 bits per heavy atom. The first kappa shape index (κ1) is 15.9. The highest BCUT2D eigenvalue weighted by molar-refractivity contribution is 5.94. The fraction of sp³-hybridized carbons (Fsp3) is 0.211. The summed E-state index contributed by atoms with van der Waals surface area (Å²) < 4.78 is 5.75. The van der Waals surface area contributed by atoms with Crippen LogP contribution >= 0.6 is 0 Å². The maximum atomic E-state index is 12.1. The van der Waals surface area contributed by atoms with E-state index in [-0.39, 0.29) is 5.91 Å². The van der Waals surface area contributed by atoms with Gasteiger partial charge in [0, 0.05) is 30.3 Å². The Hall–Kier alpha value is -2.95. The molecule has 1 amide bonds. The molecule has 0 bridgehead atoms. The SMILES string of the molecule is CCN(C)C(=O)c1ccc(-c2nnc(-c3ccc(C)cc3)o2)cc1. The molecule has 0 saturated heterocycles. The number of nitrogens with zero attached hydrogens (tertiary/aromatic N) is 3. The van der Waals surface area contributed by atoms with Crippen molar-refractivity contribution in [2.24, 2.45) is 0 Å². The van der Waals surface area contributed by atoms with Crippen molar-refractivity contribution >= 4 is 5.91 Å². The fourth-order valence-corrected chi connectivity index (χ4v) is 2.27. The van der Waals surface area contributed by atoms with Gasteiger partial charge in [0.15, 0.2) is 0 Å². The van der Waals surface area contributed by atoms with Crippen LogP contribution in [0.4, 0.5) is 0 Å². The van der Waals surface area contributed by atoms with Crippen molar-refractivity contribution in [3.8, 4) is 22.9 Å². The first-order valence-corrected chi connectivity index (χ1v) is 7.85. The van der Waals surface area contributed by atoms with Crippen molar-refractivity contribution in [1.82, 2.24) is 15.1 Å². The third-order valence-corrected chi connectivity index (χ3v) is 3.92. The molecule has 0 spiro atoms. The first-order chi connectivity index (χ1) is 11.6. The van der Waals surface area contributed by atoms with E-state index in [1.807, 2.05) is 50.2 Å². The van der Waals surface area contributed by atoms with Crippen LogP contribution in [0.3, 0.4) is 0 Å². The van der Waals surface area contributed by atoms with Gasteiger partial charge in [0.2, 0.25) is 11.8 Å². The minimum Gasteiger partial charge on any atom is -0.416 e. The highest BCUT2D eigenvalue weighted by Gasteiger charge is 2.13. The van der Waals surface area contributed by atoms with Gasteiger partial charge in [-0.2, -0.15) is 0 Å². The van der Waals surface area contributed by atoms with Gasteiger partial charge in [-0.05, 0) is 50.2 Å². The number of hydrogen-bond donors (Lipinski definition) is 0. The summed E-state index contributed by atoms with van der Waals surface area (Å²) in [4.78, 5) is 13.8. The molecule has 1 heterocycles. The Labute approximate surface area is 140 Å². The number of hydrogen-bond acceptors (Lipinski definition) is 4. The van der Waals surface area contributed by atoms with Crippen molar-refractivity contribution in [3.05, 3.63) is 59.7 Å². The van der Waals surface area contributed by atoms with E-state index in [4.69, 9.17) is 4.42 Å². The van der Waals surface area contributed by atoms with Crippen LogP contribution in [0.1, 0.15) is 22.8 Å². The van der Waals surface area contributed by atoms with E-state index >= 15 is 0 Å². The average Bonchev–Trinajstić information content (AvgIpc) is 3.11. The maximum Gasteiger partial charge on any atom is 0.253 e. The summed E-state index contributed by atoms with van der Waals surface area (Å²) in [7, 11) is 1.78. The maximum absolute atomic E-state index is 12.1. The molecule has 3 aromatic rings. The quantitative estimate of drug-likeness (QED) is 0.733. The zero-order valence-electron chi connectivity index (χ0n) is 14.0. The third kappa shape index (κ3) is 3.20. The van der Waals surface area contributed by atoms with Gasteiger partial charge in [-0.25, -0.2) is 0 Å². The van der Waals surface area contributed by atoms with Crippen LogP contribution in [0.25, 0.3) is 22.9 Å². The van der Waals surface area contributed by atoms with Crippen molar-refractivity contribution in [2.45, 2.75) is 13.8 Å². The number of benzene rings is 2. The van der Waals surface area contributed by atoms with Gasteiger partial charge in [0.25, 0.3) is 5.91 Å². The molecular weight excluding hydrogens is 302 g/mol. The predicted octanol–water partition coefficient (Wildman–Crippen LogP) is 3.80. The molecule has 5 nitrogen and oxygen atoms in total. The molecule has 0 fully saturated rings. The second-order valence-corrected chi connectivity index (χ2v) is 5.68. The minimum atomic E-state index is -0.00470. The van der Waals surface area contributed by atoms with Crippen molar-refractivity contribution in [2.75, 3.05) is 13.6 Å². The second kappa shape index (κ2) is 6.66. The van der Waals surface area contributed by atoms with Crippen LogP contribution < -0.4 is 0 Å². The molecule has 0 N–H and O–H groups in total. The normalized spacial score (nSPS) is 10.6. The van der Waals surface area contributed by atoms with Gasteiger partial charge in [-0.1, -0.05) is 17.7 Å². The molecule has 0 atom stereocenters. The van der Waals surface area contributed by atoms with E-state index in [1.54, 1.807) is 24.1 Å². The third-order valence-electron chi connectivity index (χ3n) is 3.92. The molecule has 1 aromatic heterocycles. The van der Waals surface area contributed by atoms with Crippen LogP contribution in [-0.4, -0.2) is 34.6 Å². The number of rotatable bonds is 4. The predicted molar refractivity (Wildman–Crippen MR) is 92.5 cm³/mol. The Balaban J connectivity index is 1.83. The molecule has 3 rings (SSSR count). The van der Waals surface area contributed by atoms with E-state index in [1.165, 1.54) is 5.56 Å². The lowest BCUT2D eigenvalue weighted by molar-refractivity contribution is 0.0802. The van der Waals surface area contributed by atoms with Gasteiger partial charge in [-0.3, -0.25) is 4.79 Å². The second-order valence-electron chi connectivity index (χ2n) is 5.68. The Morgan fingerprint density at radius 2 is 1.46 bits per heavy atom. The summed E-state index contributed by atoms with van der Waals surface area (Å²) in [5.41, 5.74) is 3.49. The van der Waals surface area contributed by atoms with Gasteiger partial charge in [0.1, 0.15) is 0 Å². The molecule has 0 aliphatic carbocycles. The number of carbonyl (C=O) groups excluding carboxylic acids is 1. The fourth-order valence-electron chi connectivity index (χ4n) is 2.27. The minimum absolute atomic E-state index is 0.00470. The molecule has 0 saturated carbocycles. The zero-order chi connectivity index (χ0) is 17.1. The molecule has 0 aliphatic rings. The average molecular weight is 321 g/mol. The standard InChI is InChI=1S/C19H19N3O2/c1-4-22(3)19(23)16-11-9-15(10-12-16)18-21-20-17(24-18)14-7-5-13(2)6-8-14/h5-12H,4H2,1-3H3. The molecule has 0 unspecified atom stereocenters. The van der Waals surface area contributed by atoms with Crippen molar-refractivity contribution < 1.29 is 9.21 Å². The van der Waals surface area contributed by atoms with Crippen LogP contribution in [0.2, 0.25) is 0 Å². The first-order valence-electron chi connectivity index (χ1n) is 7.85. The smallest absolute Gasteiger partial charge is 0.253 e. The molecule has 0 aliphatic heterocycles. The molecule has 5 heteroatoms. The number of aryl methyl sites for hydroxylation is 1. The van der Waals surface area contributed by atoms with Gasteiger partial charge >= 0.3 is 0 Å². The highest BCUT2D eigenvalue weighted by atomic mass is 16.4. The van der Waals surface area contributed by atoms with E-state index < -0.39 is 0 Å². The van der Waals surface area contributed by atoms with Crippen LogP contribution in [-0.2, 0) is 0 Å². The molecule has 24 heavy (non-hydrogen) atoms. The lowest BCUT2D eigenvalue weighted by Crippen LogP contribution is -2.26. The zero-order valence-corrected chi connectivity index (χ0v) is 14.0. The lowest BCUT2D eigenvalue weighted by atomic mass is 10.1. The van der Waals surface area contributed by atoms with E-state index in [9.17, 15) is 4.79 Å². The van der Waals surface area contributed by atoms with E-state index in [2.05, 4.69) is 10.2 Å². The topological polar surface area (TPSA) is 59.2 Å². The molecular formula is C19H19N3O2. The summed E-state index contributed by atoms with van der Waals surface area (Å²) in [6.07, 6.45) is 0. The van der Waals surface area contributed by atoms with Gasteiger partial charge in [0.05, 0.1) is 0 Å². The Bertz CT molecular complexity index is 836. The van der Waals surface area contributed by atoms with E-state index in [0.29, 0.717) is 23.9 Å². The number of aromatic nitrogens is 2. The van der Waals surface area contributed by atoms with E-state index in [0.717, 1.165) is 11.1 Å². The van der Waals surface area contributed by atoms with Crippen molar-refractivity contribution in [3.63, 3.8) is 0 Å². The molecule has 2 aromatic carbocycles. The highest BCUT2D eigenvalue weighted by Crippen LogP contribution is 2.24. The van der Waals surface area contributed by atoms with Crippen LogP contribution in [0.15, 0.2) is 52.9 Å². The summed E-state index contributed by atoms with van der Waals surface area (Å²) in [6, 6.07) is 15.1. The lowest BCUT2D eigenvalue weighted by Gasteiger charge is -2.14. The van der Waals surface area contributed by atoms with Gasteiger partial charge < -0.3 is 9.32 Å². The van der Waals surface area contributed by atoms with Gasteiger partial charge in [-0.15, -0.1) is 10.2 Å². The Morgan fingerprint density at radius 3 is 1.96 bits per heavy atom. The van der Waals surface area contributed by atoms with Crippen molar-refractivity contribution in [1.29, 1.82) is 0 Å². The largest absolute Gasteiger partial charge is 0.416 e. The number of carbonyl (C=O) groups is 1. The number of amides is 1. The summed E-state index contributed by atoms with van der Waals surface area (Å²) in [6.45, 7) is 4.64. The molecule has 122 valence electrons. The van der Waals surface area contributed by atoms with Crippen LogP contribution in [0.5, 0.6) is 0 Å².